The first-order chi connectivity index (χ1) is 12.4. The van der Waals surface area contributed by atoms with Crippen LogP contribution in [-0.4, -0.2) is 31.7 Å². The highest BCUT2D eigenvalue weighted by Gasteiger charge is 2.28. The van der Waals surface area contributed by atoms with Crippen LogP contribution in [0.25, 0.3) is 0 Å². The summed E-state index contributed by atoms with van der Waals surface area (Å²) in [5.74, 6) is 0.0454. The molecule has 0 aromatic heterocycles. The smallest absolute Gasteiger partial charge is 0.255 e. The van der Waals surface area contributed by atoms with E-state index in [1.54, 1.807) is 24.3 Å². The Morgan fingerprint density at radius 3 is 2.58 bits per heavy atom. The highest BCUT2D eigenvalue weighted by molar-refractivity contribution is 7.89. The topological polar surface area (TPSA) is 66.5 Å². The van der Waals surface area contributed by atoms with Gasteiger partial charge in [0.15, 0.2) is 0 Å². The van der Waals surface area contributed by atoms with Crippen LogP contribution in [0.3, 0.4) is 0 Å². The van der Waals surface area contributed by atoms with Crippen LogP contribution in [0.5, 0.6) is 0 Å². The molecule has 5 nitrogen and oxygen atoms in total. The lowest BCUT2D eigenvalue weighted by atomic mass is 10.0. The average Bonchev–Trinajstić information content (AvgIpc) is 2.62. The van der Waals surface area contributed by atoms with E-state index in [1.807, 2.05) is 0 Å². The first kappa shape index (κ1) is 18.9. The third-order valence-corrected chi connectivity index (χ3v) is 6.57. The molecule has 1 N–H and O–H groups in total. The summed E-state index contributed by atoms with van der Waals surface area (Å²) in [5, 5.41) is 3.27. The van der Waals surface area contributed by atoms with Crippen LogP contribution in [0.15, 0.2) is 53.4 Å². The van der Waals surface area contributed by atoms with E-state index >= 15 is 0 Å². The predicted octanol–water partition coefficient (Wildman–Crippen LogP) is 4.01. The van der Waals surface area contributed by atoms with Gasteiger partial charge in [-0.3, -0.25) is 4.79 Å². The zero-order valence-electron chi connectivity index (χ0n) is 14.5. The van der Waals surface area contributed by atoms with E-state index in [4.69, 9.17) is 11.6 Å². The molecule has 138 valence electrons. The van der Waals surface area contributed by atoms with E-state index in [0.717, 1.165) is 12.8 Å². The first-order valence-electron chi connectivity index (χ1n) is 8.53. The molecular formula is C19H21ClN2O3S. The Balaban J connectivity index is 1.74. The lowest BCUT2D eigenvalue weighted by molar-refractivity contribution is 0.102. The van der Waals surface area contributed by atoms with E-state index in [0.29, 0.717) is 35.3 Å². The highest BCUT2D eigenvalue weighted by atomic mass is 35.5. The number of carbonyl (C=O) groups is 1. The van der Waals surface area contributed by atoms with Gasteiger partial charge >= 0.3 is 0 Å². The number of nitrogens with zero attached hydrogens (tertiary/aromatic N) is 1. The Kier molecular flexibility index (Phi) is 5.65. The minimum absolute atomic E-state index is 0.214. The number of rotatable bonds is 4. The van der Waals surface area contributed by atoms with Gasteiger partial charge in [0.05, 0.1) is 4.90 Å². The number of amides is 1. The van der Waals surface area contributed by atoms with Gasteiger partial charge in [-0.1, -0.05) is 24.6 Å². The quantitative estimate of drug-likeness (QED) is 0.854. The van der Waals surface area contributed by atoms with E-state index in [9.17, 15) is 13.2 Å². The van der Waals surface area contributed by atoms with Crippen molar-refractivity contribution in [3.05, 3.63) is 59.1 Å². The minimum Gasteiger partial charge on any atom is -0.322 e. The Bertz CT molecular complexity index is 897. The molecule has 0 bridgehead atoms. The molecule has 1 aliphatic rings. The van der Waals surface area contributed by atoms with E-state index in [1.165, 1.54) is 28.6 Å². The van der Waals surface area contributed by atoms with Crippen molar-refractivity contribution in [1.82, 2.24) is 4.31 Å². The molecule has 0 spiro atoms. The molecule has 1 fully saturated rings. The van der Waals surface area contributed by atoms with E-state index in [2.05, 4.69) is 12.2 Å². The first-order valence-corrected chi connectivity index (χ1v) is 10.4. The second-order valence-corrected chi connectivity index (χ2v) is 8.97. The Morgan fingerprint density at radius 1 is 1.19 bits per heavy atom. The maximum Gasteiger partial charge on any atom is 0.255 e. The van der Waals surface area contributed by atoms with Gasteiger partial charge in [-0.05, 0) is 61.2 Å². The summed E-state index contributed by atoms with van der Waals surface area (Å²) in [6, 6.07) is 12.9. The molecule has 1 unspecified atom stereocenters. The van der Waals surface area contributed by atoms with Gasteiger partial charge in [-0.25, -0.2) is 8.42 Å². The lowest BCUT2D eigenvalue weighted by Crippen LogP contribution is -2.39. The second kappa shape index (κ2) is 7.78. The third-order valence-electron chi connectivity index (χ3n) is 4.46. The fraction of sp³-hybridized carbons (Fsp3) is 0.316. The fourth-order valence-electron chi connectivity index (χ4n) is 3.06. The fourth-order valence-corrected chi connectivity index (χ4v) is 4.85. The molecule has 0 saturated carbocycles. The van der Waals surface area contributed by atoms with Crippen molar-refractivity contribution in [3.8, 4) is 0 Å². The SMILES string of the molecule is CC1CCCN(S(=O)(=O)c2ccc(C(=O)Nc3cccc(Cl)c3)cc2)C1. The summed E-state index contributed by atoms with van der Waals surface area (Å²) >= 11 is 5.91. The lowest BCUT2D eigenvalue weighted by Gasteiger charge is -2.30. The van der Waals surface area contributed by atoms with Crippen LogP contribution in [0, 0.1) is 5.92 Å². The second-order valence-electron chi connectivity index (χ2n) is 6.60. The summed E-state index contributed by atoms with van der Waals surface area (Å²) in [7, 11) is -3.52. The van der Waals surface area contributed by atoms with Crippen LogP contribution in [-0.2, 0) is 10.0 Å². The van der Waals surface area contributed by atoms with Gasteiger partial charge in [0.2, 0.25) is 10.0 Å². The standard InChI is InChI=1S/C19H21ClN2O3S/c1-14-4-3-11-22(13-14)26(24,25)18-9-7-15(8-10-18)19(23)21-17-6-2-5-16(20)12-17/h2,5-10,12,14H,3-4,11,13H2,1H3,(H,21,23). The van der Waals surface area contributed by atoms with Gasteiger partial charge in [0.1, 0.15) is 0 Å². The number of hydrogen-bond donors (Lipinski definition) is 1. The summed E-state index contributed by atoms with van der Waals surface area (Å²) in [4.78, 5) is 12.5. The summed E-state index contributed by atoms with van der Waals surface area (Å²) in [6.45, 7) is 3.15. The maximum atomic E-state index is 12.8. The maximum absolute atomic E-state index is 12.8. The molecule has 26 heavy (non-hydrogen) atoms. The van der Waals surface area contributed by atoms with Crippen LogP contribution >= 0.6 is 11.6 Å². The van der Waals surface area contributed by atoms with Crippen molar-refractivity contribution < 1.29 is 13.2 Å². The van der Waals surface area contributed by atoms with Crippen LogP contribution in [0.2, 0.25) is 5.02 Å². The van der Waals surface area contributed by atoms with Crippen molar-refractivity contribution >= 4 is 33.2 Å². The summed E-state index contributed by atoms with van der Waals surface area (Å²) < 4.78 is 27.0. The molecule has 2 aromatic carbocycles. The van der Waals surface area contributed by atoms with Crippen molar-refractivity contribution in [1.29, 1.82) is 0 Å². The largest absolute Gasteiger partial charge is 0.322 e. The normalized spacial score (nSPS) is 18.5. The number of anilines is 1. The Morgan fingerprint density at radius 2 is 1.92 bits per heavy atom. The molecule has 0 aliphatic carbocycles. The zero-order valence-corrected chi connectivity index (χ0v) is 16.1. The summed E-state index contributed by atoms with van der Waals surface area (Å²) in [6.07, 6.45) is 1.93. The van der Waals surface area contributed by atoms with Crippen molar-refractivity contribution in [2.75, 3.05) is 18.4 Å². The summed E-state index contributed by atoms with van der Waals surface area (Å²) in [5.41, 5.74) is 0.970. The minimum atomic E-state index is -3.52. The Labute approximate surface area is 159 Å². The predicted molar refractivity (Wildman–Crippen MR) is 103 cm³/mol. The van der Waals surface area contributed by atoms with Crippen LogP contribution in [0.4, 0.5) is 5.69 Å². The zero-order chi connectivity index (χ0) is 18.7. The van der Waals surface area contributed by atoms with Gasteiger partial charge in [-0.15, -0.1) is 0 Å². The number of nitrogens with one attached hydrogen (secondary N) is 1. The van der Waals surface area contributed by atoms with E-state index in [-0.39, 0.29) is 10.8 Å². The number of benzene rings is 2. The molecule has 7 heteroatoms. The van der Waals surface area contributed by atoms with Gasteiger partial charge in [0.25, 0.3) is 5.91 Å². The molecule has 0 radical (unpaired) electrons. The molecule has 1 amide bonds. The average molecular weight is 393 g/mol. The molecule has 3 rings (SSSR count). The molecule has 1 heterocycles. The number of sulfonamides is 1. The van der Waals surface area contributed by atoms with Crippen LogP contribution < -0.4 is 5.32 Å². The third kappa shape index (κ3) is 4.26. The van der Waals surface area contributed by atoms with Gasteiger partial charge < -0.3 is 5.32 Å². The molecule has 1 aliphatic heterocycles. The van der Waals surface area contributed by atoms with Crippen molar-refractivity contribution in [2.24, 2.45) is 5.92 Å². The number of carbonyl (C=O) groups excluding carboxylic acids is 1. The van der Waals surface area contributed by atoms with Crippen molar-refractivity contribution in [2.45, 2.75) is 24.7 Å². The van der Waals surface area contributed by atoms with Crippen molar-refractivity contribution in [3.63, 3.8) is 0 Å². The van der Waals surface area contributed by atoms with E-state index < -0.39 is 10.0 Å². The van der Waals surface area contributed by atoms with Gasteiger partial charge in [-0.2, -0.15) is 4.31 Å². The highest BCUT2D eigenvalue weighted by Crippen LogP contribution is 2.24. The van der Waals surface area contributed by atoms with Gasteiger partial charge in [0, 0.05) is 29.4 Å². The molecular weight excluding hydrogens is 372 g/mol. The number of hydrogen-bond acceptors (Lipinski definition) is 3. The Hall–Kier alpha value is -1.89. The monoisotopic (exact) mass is 392 g/mol. The molecule has 1 saturated heterocycles. The number of halogens is 1. The molecule has 2 aromatic rings. The van der Waals surface area contributed by atoms with Crippen LogP contribution in [0.1, 0.15) is 30.1 Å². The number of piperidine rings is 1. The molecule has 1 atom stereocenters.